The van der Waals surface area contributed by atoms with Crippen LogP contribution in [0, 0.1) is 0 Å². The van der Waals surface area contributed by atoms with Crippen molar-refractivity contribution in [2.75, 3.05) is 39.3 Å². The lowest BCUT2D eigenvalue weighted by Crippen LogP contribution is -2.54. The molecule has 154 valence electrons. The molecule has 2 heterocycles. The monoisotopic (exact) mass is 508 g/mol. The zero-order chi connectivity index (χ0) is 18.9. The van der Waals surface area contributed by atoms with Gasteiger partial charge in [-0.25, -0.2) is 9.98 Å². The number of thiazole rings is 1. The van der Waals surface area contributed by atoms with Crippen molar-refractivity contribution in [1.82, 2.24) is 25.4 Å². The minimum Gasteiger partial charge on any atom is -0.357 e. The standard InChI is InChI=1S/C18H32N6OS.HI/c1-5-15-11-20-17(26-15)12-21-18(19-6-2)24-9-7-23(8-10-24)13-16(25)22-14(3)4;/h11,14H,5-10,12-13H2,1-4H3,(H,19,21)(H,22,25);1H. The third kappa shape index (κ3) is 8.30. The van der Waals surface area contributed by atoms with Gasteiger partial charge in [0.2, 0.25) is 5.91 Å². The molecule has 0 radical (unpaired) electrons. The first kappa shape index (κ1) is 24.1. The number of aromatic nitrogens is 1. The lowest BCUT2D eigenvalue weighted by molar-refractivity contribution is -0.123. The van der Waals surface area contributed by atoms with Crippen LogP contribution in [0.3, 0.4) is 0 Å². The van der Waals surface area contributed by atoms with Crippen molar-refractivity contribution in [3.8, 4) is 0 Å². The van der Waals surface area contributed by atoms with E-state index in [1.165, 1.54) is 4.88 Å². The fourth-order valence-electron chi connectivity index (χ4n) is 2.84. The van der Waals surface area contributed by atoms with Crippen LogP contribution < -0.4 is 10.6 Å². The van der Waals surface area contributed by atoms with E-state index in [2.05, 4.69) is 39.3 Å². The molecule has 0 saturated carbocycles. The number of aryl methyl sites for hydroxylation is 1. The van der Waals surface area contributed by atoms with E-state index in [4.69, 9.17) is 4.99 Å². The lowest BCUT2D eigenvalue weighted by atomic mass is 10.3. The highest BCUT2D eigenvalue weighted by molar-refractivity contribution is 14.0. The van der Waals surface area contributed by atoms with Gasteiger partial charge in [-0.15, -0.1) is 35.3 Å². The Morgan fingerprint density at radius 1 is 1.30 bits per heavy atom. The number of piperazine rings is 1. The molecule has 1 aromatic heterocycles. The molecule has 0 bridgehead atoms. The molecule has 1 saturated heterocycles. The molecule has 0 unspecified atom stereocenters. The Labute approximate surface area is 184 Å². The summed E-state index contributed by atoms with van der Waals surface area (Å²) in [7, 11) is 0. The van der Waals surface area contributed by atoms with Gasteiger partial charge in [-0.2, -0.15) is 0 Å². The number of aliphatic imine (C=N–C) groups is 1. The zero-order valence-corrected chi connectivity index (χ0v) is 20.0. The Bertz CT molecular complexity index is 598. The topological polar surface area (TPSA) is 72.9 Å². The fraction of sp³-hybridized carbons (Fsp3) is 0.722. The Hall–Kier alpha value is -0.940. The maximum atomic E-state index is 11.9. The quantitative estimate of drug-likeness (QED) is 0.335. The number of carbonyl (C=O) groups is 1. The molecular formula is C18H33IN6OS. The van der Waals surface area contributed by atoms with E-state index in [-0.39, 0.29) is 35.9 Å². The van der Waals surface area contributed by atoms with Gasteiger partial charge in [-0.05, 0) is 27.2 Å². The minimum atomic E-state index is 0. The van der Waals surface area contributed by atoms with Crippen LogP contribution in [-0.2, 0) is 17.8 Å². The van der Waals surface area contributed by atoms with Crippen LogP contribution in [0.25, 0.3) is 0 Å². The number of amides is 1. The molecule has 9 heteroatoms. The van der Waals surface area contributed by atoms with E-state index in [1.807, 2.05) is 20.0 Å². The molecular weight excluding hydrogens is 475 g/mol. The van der Waals surface area contributed by atoms with E-state index in [1.54, 1.807) is 11.3 Å². The molecule has 1 aromatic rings. The second-order valence-corrected chi connectivity index (χ2v) is 7.93. The van der Waals surface area contributed by atoms with Gasteiger partial charge in [0.1, 0.15) is 5.01 Å². The summed E-state index contributed by atoms with van der Waals surface area (Å²) in [6, 6.07) is 0.190. The summed E-state index contributed by atoms with van der Waals surface area (Å²) >= 11 is 1.73. The van der Waals surface area contributed by atoms with Crippen molar-refractivity contribution in [1.29, 1.82) is 0 Å². The van der Waals surface area contributed by atoms with Crippen LogP contribution >= 0.6 is 35.3 Å². The summed E-state index contributed by atoms with van der Waals surface area (Å²) < 4.78 is 0. The molecule has 2 N–H and O–H groups in total. The first-order chi connectivity index (χ1) is 12.5. The molecule has 0 atom stereocenters. The number of nitrogens with one attached hydrogen (secondary N) is 2. The van der Waals surface area contributed by atoms with Gasteiger partial charge in [-0.1, -0.05) is 6.92 Å². The summed E-state index contributed by atoms with van der Waals surface area (Å²) in [6.07, 6.45) is 2.97. The van der Waals surface area contributed by atoms with Crippen LogP contribution in [0.1, 0.15) is 37.6 Å². The average Bonchev–Trinajstić information content (AvgIpc) is 3.07. The van der Waals surface area contributed by atoms with Crippen molar-refractivity contribution in [3.05, 3.63) is 16.1 Å². The molecule has 1 aliphatic rings. The highest BCUT2D eigenvalue weighted by Gasteiger charge is 2.21. The third-order valence-corrected chi connectivity index (χ3v) is 5.26. The second kappa shape index (κ2) is 12.5. The SMILES string of the molecule is CCNC(=NCc1ncc(CC)s1)N1CCN(CC(=O)NC(C)C)CC1.I. The van der Waals surface area contributed by atoms with E-state index >= 15 is 0 Å². The zero-order valence-electron chi connectivity index (χ0n) is 16.8. The lowest BCUT2D eigenvalue weighted by Gasteiger charge is -2.36. The molecule has 1 fully saturated rings. The van der Waals surface area contributed by atoms with Crippen LogP contribution in [0.4, 0.5) is 0 Å². The van der Waals surface area contributed by atoms with E-state index in [0.717, 1.165) is 50.1 Å². The Morgan fingerprint density at radius 3 is 2.56 bits per heavy atom. The highest BCUT2D eigenvalue weighted by atomic mass is 127. The summed E-state index contributed by atoms with van der Waals surface area (Å²) in [6.45, 7) is 13.6. The van der Waals surface area contributed by atoms with Gasteiger partial charge in [0.05, 0.1) is 13.1 Å². The highest BCUT2D eigenvalue weighted by Crippen LogP contribution is 2.14. The number of hydrogen-bond acceptors (Lipinski definition) is 5. The average molecular weight is 508 g/mol. The largest absolute Gasteiger partial charge is 0.357 e. The van der Waals surface area contributed by atoms with Gasteiger partial charge < -0.3 is 15.5 Å². The van der Waals surface area contributed by atoms with Crippen LogP contribution in [0.15, 0.2) is 11.2 Å². The van der Waals surface area contributed by atoms with Crippen LogP contribution in [-0.4, -0.2) is 72.0 Å². The van der Waals surface area contributed by atoms with Crippen LogP contribution in [0.2, 0.25) is 0 Å². The number of guanidine groups is 1. The first-order valence-corrected chi connectivity index (χ1v) is 10.3. The third-order valence-electron chi connectivity index (χ3n) is 4.14. The van der Waals surface area contributed by atoms with Gasteiger partial charge in [0.15, 0.2) is 5.96 Å². The fourth-order valence-corrected chi connectivity index (χ4v) is 3.63. The second-order valence-electron chi connectivity index (χ2n) is 6.73. The number of hydrogen-bond donors (Lipinski definition) is 2. The predicted molar refractivity (Wildman–Crippen MR) is 123 cm³/mol. The predicted octanol–water partition coefficient (Wildman–Crippen LogP) is 1.93. The first-order valence-electron chi connectivity index (χ1n) is 9.50. The molecule has 27 heavy (non-hydrogen) atoms. The maximum absolute atomic E-state index is 11.9. The number of rotatable bonds is 7. The van der Waals surface area contributed by atoms with Crippen molar-refractivity contribution < 1.29 is 4.79 Å². The van der Waals surface area contributed by atoms with Gasteiger partial charge in [-0.3, -0.25) is 9.69 Å². The molecule has 2 rings (SSSR count). The normalized spacial score (nSPS) is 15.6. The molecule has 1 amide bonds. The molecule has 0 aromatic carbocycles. The summed E-state index contributed by atoms with van der Waals surface area (Å²) in [5, 5.41) is 7.39. The maximum Gasteiger partial charge on any atom is 0.234 e. The Balaban J connectivity index is 0.00000364. The molecule has 0 spiro atoms. The van der Waals surface area contributed by atoms with Crippen molar-refractivity contribution in [3.63, 3.8) is 0 Å². The van der Waals surface area contributed by atoms with E-state index < -0.39 is 0 Å². The van der Waals surface area contributed by atoms with Gasteiger partial charge >= 0.3 is 0 Å². The summed E-state index contributed by atoms with van der Waals surface area (Å²) in [4.78, 5) is 26.9. The number of carbonyl (C=O) groups excluding carboxylic acids is 1. The number of halogens is 1. The molecule has 0 aliphatic carbocycles. The van der Waals surface area contributed by atoms with Gasteiger partial charge in [0, 0.05) is 49.8 Å². The summed E-state index contributed by atoms with van der Waals surface area (Å²) in [5.41, 5.74) is 0. The molecule has 1 aliphatic heterocycles. The van der Waals surface area contributed by atoms with Crippen LogP contribution in [0.5, 0.6) is 0 Å². The van der Waals surface area contributed by atoms with Crippen molar-refractivity contribution >= 4 is 47.2 Å². The van der Waals surface area contributed by atoms with Gasteiger partial charge in [0.25, 0.3) is 0 Å². The number of nitrogens with zero attached hydrogens (tertiary/aromatic N) is 4. The van der Waals surface area contributed by atoms with Crippen molar-refractivity contribution in [2.45, 2.75) is 46.7 Å². The van der Waals surface area contributed by atoms with E-state index in [0.29, 0.717) is 13.1 Å². The van der Waals surface area contributed by atoms with Crippen molar-refractivity contribution in [2.24, 2.45) is 4.99 Å². The van der Waals surface area contributed by atoms with E-state index in [9.17, 15) is 4.79 Å². The molecule has 7 nitrogen and oxygen atoms in total. The smallest absolute Gasteiger partial charge is 0.234 e. The summed E-state index contributed by atoms with van der Waals surface area (Å²) in [5.74, 6) is 1.04. The minimum absolute atomic E-state index is 0. The Morgan fingerprint density at radius 2 is 2.00 bits per heavy atom. The Kier molecular flexibility index (Phi) is 11.2.